The van der Waals surface area contributed by atoms with Crippen molar-refractivity contribution in [2.24, 2.45) is 0 Å². The van der Waals surface area contributed by atoms with Gasteiger partial charge in [0.2, 0.25) is 0 Å². The van der Waals surface area contributed by atoms with Crippen LogP contribution >= 0.6 is 12.4 Å². The average molecular weight is 254 g/mol. The Morgan fingerprint density at radius 2 is 2.06 bits per heavy atom. The van der Waals surface area contributed by atoms with Gasteiger partial charge in [0.15, 0.2) is 11.5 Å². The maximum Gasteiger partial charge on any atom is 0.180 e. The molecule has 17 heavy (non-hydrogen) atoms. The maximum absolute atomic E-state index is 4.61. The molecule has 2 aromatic rings. The minimum Gasteiger partial charge on any atom is -0.351 e. The number of aryl methyl sites for hydroxylation is 1. The lowest BCUT2D eigenvalue weighted by atomic mass is 10.3. The summed E-state index contributed by atoms with van der Waals surface area (Å²) >= 11 is 0. The lowest BCUT2D eigenvalue weighted by molar-refractivity contribution is 0.585. The molecule has 0 amide bonds. The number of imidazole rings is 1. The van der Waals surface area contributed by atoms with Gasteiger partial charge in [-0.15, -0.1) is 12.4 Å². The predicted molar refractivity (Wildman–Crippen MR) is 70.1 cm³/mol. The van der Waals surface area contributed by atoms with Crippen molar-refractivity contribution in [3.8, 4) is 0 Å². The first kappa shape index (κ1) is 12.1. The van der Waals surface area contributed by atoms with Gasteiger partial charge in [-0.3, -0.25) is 0 Å². The molecule has 3 heterocycles. The van der Waals surface area contributed by atoms with Crippen LogP contribution in [0.3, 0.4) is 0 Å². The Labute approximate surface area is 106 Å². The van der Waals surface area contributed by atoms with Gasteiger partial charge >= 0.3 is 0 Å². The number of hydrogen-bond acceptors (Lipinski definition) is 4. The second kappa shape index (κ2) is 4.89. The highest BCUT2D eigenvalue weighted by Crippen LogP contribution is 2.18. The van der Waals surface area contributed by atoms with Crippen LogP contribution in [-0.2, 0) is 0 Å². The van der Waals surface area contributed by atoms with E-state index in [1.54, 1.807) is 0 Å². The van der Waals surface area contributed by atoms with Crippen molar-refractivity contribution in [3.05, 3.63) is 24.3 Å². The Balaban J connectivity index is 0.00000108. The van der Waals surface area contributed by atoms with Gasteiger partial charge in [-0.2, -0.15) is 0 Å². The van der Waals surface area contributed by atoms with E-state index in [-0.39, 0.29) is 12.4 Å². The quantitative estimate of drug-likeness (QED) is 0.819. The molecule has 0 spiro atoms. The smallest absolute Gasteiger partial charge is 0.180 e. The highest BCUT2D eigenvalue weighted by atomic mass is 35.5. The summed E-state index contributed by atoms with van der Waals surface area (Å²) in [6.45, 7) is 6.05. The number of aromatic nitrogens is 3. The zero-order valence-corrected chi connectivity index (χ0v) is 10.6. The summed E-state index contributed by atoms with van der Waals surface area (Å²) < 4.78 is 2.04. The van der Waals surface area contributed by atoms with E-state index in [0.29, 0.717) is 0 Å². The zero-order chi connectivity index (χ0) is 11.0. The molecular weight excluding hydrogens is 238 g/mol. The molecule has 1 aliphatic rings. The van der Waals surface area contributed by atoms with Gasteiger partial charge in [0.05, 0.1) is 5.69 Å². The van der Waals surface area contributed by atoms with Crippen LogP contribution < -0.4 is 10.2 Å². The first-order chi connectivity index (χ1) is 7.84. The minimum absolute atomic E-state index is 0. The van der Waals surface area contributed by atoms with Crippen LogP contribution in [0.1, 0.15) is 5.69 Å². The fraction of sp³-hybridized carbons (Fsp3) is 0.455. The monoisotopic (exact) mass is 253 g/mol. The Bertz CT molecular complexity index is 504. The summed E-state index contributed by atoms with van der Waals surface area (Å²) in [5.41, 5.74) is 1.98. The van der Waals surface area contributed by atoms with Gasteiger partial charge in [0.25, 0.3) is 0 Å². The van der Waals surface area contributed by atoms with E-state index in [0.717, 1.165) is 43.3 Å². The first-order valence-electron chi connectivity index (χ1n) is 5.60. The third-order valence-corrected chi connectivity index (χ3v) is 2.89. The fourth-order valence-electron chi connectivity index (χ4n) is 2.13. The third kappa shape index (κ3) is 2.21. The number of fused-ring (bicyclic) bond motifs is 1. The second-order valence-electron chi connectivity index (χ2n) is 4.10. The molecule has 1 aliphatic heterocycles. The van der Waals surface area contributed by atoms with Crippen molar-refractivity contribution in [2.45, 2.75) is 6.92 Å². The van der Waals surface area contributed by atoms with E-state index >= 15 is 0 Å². The molecular formula is C11H16ClN5. The normalized spacial score (nSPS) is 15.9. The zero-order valence-electron chi connectivity index (χ0n) is 9.76. The third-order valence-electron chi connectivity index (χ3n) is 2.89. The molecule has 6 heteroatoms. The number of piperazine rings is 1. The van der Waals surface area contributed by atoms with E-state index in [4.69, 9.17) is 0 Å². The van der Waals surface area contributed by atoms with Crippen LogP contribution in [0.5, 0.6) is 0 Å². The Kier molecular flexibility index (Phi) is 3.49. The number of nitrogens with zero attached hydrogens (tertiary/aromatic N) is 4. The molecule has 0 bridgehead atoms. The van der Waals surface area contributed by atoms with Gasteiger partial charge < -0.3 is 14.6 Å². The first-order valence-corrected chi connectivity index (χ1v) is 5.60. The van der Waals surface area contributed by atoms with Crippen LogP contribution in [-0.4, -0.2) is 40.5 Å². The lowest BCUT2D eigenvalue weighted by Gasteiger charge is -2.28. The summed E-state index contributed by atoms with van der Waals surface area (Å²) in [7, 11) is 0. The molecule has 1 saturated heterocycles. The van der Waals surface area contributed by atoms with E-state index in [1.165, 1.54) is 0 Å². The van der Waals surface area contributed by atoms with Crippen molar-refractivity contribution < 1.29 is 0 Å². The number of hydrogen-bond donors (Lipinski definition) is 1. The van der Waals surface area contributed by atoms with Crippen LogP contribution in [0, 0.1) is 6.92 Å². The van der Waals surface area contributed by atoms with Crippen molar-refractivity contribution in [1.82, 2.24) is 19.7 Å². The van der Waals surface area contributed by atoms with Gasteiger partial charge in [0.1, 0.15) is 0 Å². The van der Waals surface area contributed by atoms with Crippen LogP contribution in [0.25, 0.3) is 5.65 Å². The molecule has 0 aliphatic carbocycles. The largest absolute Gasteiger partial charge is 0.351 e. The van der Waals surface area contributed by atoms with Gasteiger partial charge in [0, 0.05) is 44.8 Å². The van der Waals surface area contributed by atoms with Gasteiger partial charge in [-0.25, -0.2) is 9.97 Å². The maximum atomic E-state index is 4.61. The second-order valence-corrected chi connectivity index (χ2v) is 4.10. The van der Waals surface area contributed by atoms with Gasteiger partial charge in [-0.05, 0) is 6.92 Å². The Morgan fingerprint density at radius 1 is 1.29 bits per heavy atom. The van der Waals surface area contributed by atoms with Crippen molar-refractivity contribution >= 4 is 23.9 Å². The molecule has 2 aromatic heterocycles. The highest BCUT2D eigenvalue weighted by molar-refractivity contribution is 5.85. The Hall–Kier alpha value is -1.33. The molecule has 5 nitrogen and oxygen atoms in total. The molecule has 0 saturated carbocycles. The van der Waals surface area contributed by atoms with Crippen molar-refractivity contribution in [3.63, 3.8) is 0 Å². The predicted octanol–water partition coefficient (Wildman–Crippen LogP) is 0.869. The van der Waals surface area contributed by atoms with Crippen LogP contribution in [0.2, 0.25) is 0 Å². The molecule has 0 unspecified atom stereocenters. The summed E-state index contributed by atoms with van der Waals surface area (Å²) in [6, 6.07) is 0. The summed E-state index contributed by atoms with van der Waals surface area (Å²) in [4.78, 5) is 11.3. The molecule has 0 radical (unpaired) electrons. The number of anilines is 1. The molecule has 3 rings (SSSR count). The Morgan fingerprint density at radius 3 is 2.82 bits per heavy atom. The van der Waals surface area contributed by atoms with E-state index in [1.807, 2.05) is 29.9 Å². The van der Waals surface area contributed by atoms with Crippen molar-refractivity contribution in [1.29, 1.82) is 0 Å². The number of nitrogens with one attached hydrogen (secondary N) is 1. The van der Waals surface area contributed by atoms with E-state index in [9.17, 15) is 0 Å². The molecule has 1 N–H and O–H groups in total. The summed E-state index contributed by atoms with van der Waals surface area (Å²) in [5.74, 6) is 1.01. The summed E-state index contributed by atoms with van der Waals surface area (Å²) in [6.07, 6.45) is 5.80. The SMILES string of the molecule is Cc1cn2ccnc2c(N2CCNCC2)n1.Cl. The highest BCUT2D eigenvalue weighted by Gasteiger charge is 2.16. The number of rotatable bonds is 1. The van der Waals surface area contributed by atoms with Crippen molar-refractivity contribution in [2.75, 3.05) is 31.1 Å². The standard InChI is InChI=1S/C11H15N5.ClH/c1-9-8-16-7-4-13-10(16)11(14-9)15-5-2-12-3-6-15;/h4,7-8,12H,2-3,5-6H2,1H3;1H. The molecule has 92 valence electrons. The topological polar surface area (TPSA) is 45.5 Å². The van der Waals surface area contributed by atoms with Crippen LogP contribution in [0.15, 0.2) is 18.6 Å². The molecule has 1 fully saturated rings. The molecule has 0 atom stereocenters. The van der Waals surface area contributed by atoms with Crippen LogP contribution in [0.4, 0.5) is 5.82 Å². The number of halogens is 1. The fourth-order valence-corrected chi connectivity index (χ4v) is 2.13. The average Bonchev–Trinajstić information content (AvgIpc) is 2.77. The van der Waals surface area contributed by atoms with Gasteiger partial charge in [-0.1, -0.05) is 0 Å². The summed E-state index contributed by atoms with van der Waals surface area (Å²) in [5, 5.41) is 3.34. The minimum atomic E-state index is 0. The van der Waals surface area contributed by atoms with E-state index in [2.05, 4.69) is 20.2 Å². The molecule has 0 aromatic carbocycles. The lowest BCUT2D eigenvalue weighted by Crippen LogP contribution is -2.44. The van der Waals surface area contributed by atoms with E-state index < -0.39 is 0 Å².